The van der Waals surface area contributed by atoms with Crippen molar-refractivity contribution in [1.29, 1.82) is 0 Å². The number of nitrogens with one attached hydrogen (secondary N) is 1. The first-order valence-electron chi connectivity index (χ1n) is 6.96. The number of hydrogen-bond donors (Lipinski definition) is 1. The van der Waals surface area contributed by atoms with Gasteiger partial charge in [-0.1, -0.05) is 17.7 Å². The smallest absolute Gasteiger partial charge is 0.0934 e. The van der Waals surface area contributed by atoms with Crippen molar-refractivity contribution in [2.75, 3.05) is 5.32 Å². The molecular formula is C17H18ClN3. The highest BCUT2D eigenvalue weighted by Gasteiger charge is 2.08. The van der Waals surface area contributed by atoms with Crippen LogP contribution in [-0.2, 0) is 13.6 Å². The lowest BCUT2D eigenvalue weighted by molar-refractivity contribution is 0.837. The van der Waals surface area contributed by atoms with Crippen LogP contribution in [0.2, 0.25) is 5.02 Å². The second kappa shape index (κ2) is 5.41. The van der Waals surface area contributed by atoms with Gasteiger partial charge >= 0.3 is 0 Å². The fourth-order valence-electron chi connectivity index (χ4n) is 2.59. The highest BCUT2D eigenvalue weighted by atomic mass is 35.5. The van der Waals surface area contributed by atoms with E-state index in [1.165, 1.54) is 17.0 Å². The van der Waals surface area contributed by atoms with Crippen LogP contribution in [0.15, 0.2) is 36.5 Å². The van der Waals surface area contributed by atoms with Gasteiger partial charge in [0.05, 0.1) is 11.2 Å². The van der Waals surface area contributed by atoms with Gasteiger partial charge in [0.15, 0.2) is 0 Å². The van der Waals surface area contributed by atoms with Gasteiger partial charge in [-0.25, -0.2) is 0 Å². The van der Waals surface area contributed by atoms with Gasteiger partial charge in [0, 0.05) is 41.6 Å². The Kier molecular flexibility index (Phi) is 3.60. The minimum atomic E-state index is 0.721. The van der Waals surface area contributed by atoms with Gasteiger partial charge < -0.3 is 9.88 Å². The molecule has 3 aromatic rings. The normalized spacial score (nSPS) is 11.0. The fraction of sp³-hybridized carbons (Fsp3) is 0.235. The predicted octanol–water partition coefficient (Wildman–Crippen LogP) is 4.46. The second-order valence-corrected chi connectivity index (χ2v) is 5.77. The maximum Gasteiger partial charge on any atom is 0.0934 e. The summed E-state index contributed by atoms with van der Waals surface area (Å²) in [5, 5.41) is 5.24. The number of anilines is 1. The summed E-state index contributed by atoms with van der Waals surface area (Å²) in [6.07, 6.45) is 1.80. The van der Waals surface area contributed by atoms with E-state index in [4.69, 9.17) is 11.6 Å². The third-order valence-electron chi connectivity index (χ3n) is 4.02. The monoisotopic (exact) mass is 299 g/mol. The zero-order chi connectivity index (χ0) is 15.0. The van der Waals surface area contributed by atoms with Crippen LogP contribution in [0.3, 0.4) is 0 Å². The van der Waals surface area contributed by atoms with Crippen molar-refractivity contribution in [2.24, 2.45) is 7.05 Å². The fourth-order valence-corrected chi connectivity index (χ4v) is 2.82. The minimum absolute atomic E-state index is 0.721. The van der Waals surface area contributed by atoms with Crippen molar-refractivity contribution in [2.45, 2.75) is 20.4 Å². The lowest BCUT2D eigenvalue weighted by atomic mass is 10.1. The first-order valence-corrected chi connectivity index (χ1v) is 7.34. The molecular weight excluding hydrogens is 282 g/mol. The molecule has 0 spiro atoms. The molecule has 1 N–H and O–H groups in total. The molecule has 0 atom stereocenters. The molecule has 0 saturated heterocycles. The van der Waals surface area contributed by atoms with Gasteiger partial charge in [0.1, 0.15) is 0 Å². The zero-order valence-corrected chi connectivity index (χ0v) is 13.2. The lowest BCUT2D eigenvalue weighted by Gasteiger charge is -2.10. The van der Waals surface area contributed by atoms with Crippen molar-refractivity contribution in [3.05, 3.63) is 58.5 Å². The van der Waals surface area contributed by atoms with E-state index in [0.717, 1.165) is 28.2 Å². The Balaban J connectivity index is 1.93. The summed E-state index contributed by atoms with van der Waals surface area (Å²) >= 11 is 6.19. The topological polar surface area (TPSA) is 29.9 Å². The molecule has 0 aliphatic rings. The Labute approximate surface area is 129 Å². The standard InChI is InChI=1S/C17H18ClN3/c1-11-7-14(12(2)21(11)3)10-20-16-9-15(18)8-13-5-4-6-19-17(13)16/h4-9,20H,10H2,1-3H3. The molecule has 0 saturated carbocycles. The van der Waals surface area contributed by atoms with E-state index in [0.29, 0.717) is 0 Å². The van der Waals surface area contributed by atoms with E-state index >= 15 is 0 Å². The molecule has 108 valence electrons. The Morgan fingerprint density at radius 2 is 2.05 bits per heavy atom. The molecule has 4 heteroatoms. The maximum atomic E-state index is 6.19. The molecule has 0 unspecified atom stereocenters. The molecule has 1 aromatic carbocycles. The van der Waals surface area contributed by atoms with Crippen LogP contribution in [0.4, 0.5) is 5.69 Å². The highest BCUT2D eigenvalue weighted by Crippen LogP contribution is 2.27. The molecule has 0 amide bonds. The maximum absolute atomic E-state index is 6.19. The number of halogens is 1. The van der Waals surface area contributed by atoms with E-state index in [2.05, 4.69) is 41.8 Å². The van der Waals surface area contributed by atoms with Crippen LogP contribution >= 0.6 is 11.6 Å². The third kappa shape index (κ3) is 2.61. The van der Waals surface area contributed by atoms with Crippen molar-refractivity contribution in [1.82, 2.24) is 9.55 Å². The Hall–Kier alpha value is -2.00. The van der Waals surface area contributed by atoms with Gasteiger partial charge in [0.25, 0.3) is 0 Å². The predicted molar refractivity (Wildman–Crippen MR) is 89.0 cm³/mol. The van der Waals surface area contributed by atoms with Crippen molar-refractivity contribution in [3.63, 3.8) is 0 Å². The van der Waals surface area contributed by atoms with Gasteiger partial charge in [-0.3, -0.25) is 4.98 Å². The third-order valence-corrected chi connectivity index (χ3v) is 4.24. The molecule has 0 aliphatic heterocycles. The summed E-state index contributed by atoms with van der Waals surface area (Å²) in [6, 6.07) is 10.0. The van der Waals surface area contributed by atoms with Crippen molar-refractivity contribution >= 4 is 28.2 Å². The largest absolute Gasteiger partial charge is 0.379 e. The summed E-state index contributed by atoms with van der Waals surface area (Å²) in [5.41, 5.74) is 5.75. The molecule has 0 fully saturated rings. The summed E-state index contributed by atoms with van der Waals surface area (Å²) in [4.78, 5) is 4.45. The molecule has 21 heavy (non-hydrogen) atoms. The Morgan fingerprint density at radius 1 is 1.24 bits per heavy atom. The van der Waals surface area contributed by atoms with Crippen LogP contribution in [0, 0.1) is 13.8 Å². The van der Waals surface area contributed by atoms with Crippen LogP contribution in [0.5, 0.6) is 0 Å². The molecule has 3 nitrogen and oxygen atoms in total. The molecule has 2 aromatic heterocycles. The van der Waals surface area contributed by atoms with Gasteiger partial charge in [-0.05, 0) is 43.7 Å². The Morgan fingerprint density at radius 3 is 2.76 bits per heavy atom. The molecule has 0 radical (unpaired) electrons. The molecule has 3 rings (SSSR count). The van der Waals surface area contributed by atoms with Gasteiger partial charge in [-0.2, -0.15) is 0 Å². The highest BCUT2D eigenvalue weighted by molar-refractivity contribution is 6.31. The number of hydrogen-bond acceptors (Lipinski definition) is 2. The van der Waals surface area contributed by atoms with Gasteiger partial charge in [-0.15, -0.1) is 0 Å². The second-order valence-electron chi connectivity index (χ2n) is 5.34. The number of rotatable bonds is 3. The summed E-state index contributed by atoms with van der Waals surface area (Å²) in [7, 11) is 2.09. The van der Waals surface area contributed by atoms with Crippen LogP contribution in [0.25, 0.3) is 10.9 Å². The van der Waals surface area contributed by atoms with E-state index in [9.17, 15) is 0 Å². The van der Waals surface area contributed by atoms with E-state index in [1.807, 2.05) is 24.3 Å². The zero-order valence-electron chi connectivity index (χ0n) is 12.4. The SMILES string of the molecule is Cc1cc(CNc2cc(Cl)cc3cccnc23)c(C)n1C. The van der Waals surface area contributed by atoms with Crippen LogP contribution in [0.1, 0.15) is 17.0 Å². The van der Waals surface area contributed by atoms with Gasteiger partial charge in [0.2, 0.25) is 0 Å². The van der Waals surface area contributed by atoms with Crippen LogP contribution < -0.4 is 5.32 Å². The average Bonchev–Trinajstić information content (AvgIpc) is 2.72. The summed E-state index contributed by atoms with van der Waals surface area (Å²) < 4.78 is 2.20. The summed E-state index contributed by atoms with van der Waals surface area (Å²) in [5.74, 6) is 0. The number of aryl methyl sites for hydroxylation is 1. The number of nitrogens with zero attached hydrogens (tertiary/aromatic N) is 2. The first-order chi connectivity index (χ1) is 10.1. The first kappa shape index (κ1) is 14.0. The minimum Gasteiger partial charge on any atom is -0.379 e. The molecule has 2 heterocycles. The summed E-state index contributed by atoms with van der Waals surface area (Å²) in [6.45, 7) is 5.02. The Bertz CT molecular complexity index is 805. The number of aromatic nitrogens is 2. The molecule has 0 bridgehead atoms. The van der Waals surface area contributed by atoms with Crippen molar-refractivity contribution < 1.29 is 0 Å². The van der Waals surface area contributed by atoms with Crippen molar-refractivity contribution in [3.8, 4) is 0 Å². The average molecular weight is 300 g/mol. The number of benzene rings is 1. The quantitative estimate of drug-likeness (QED) is 0.774. The lowest BCUT2D eigenvalue weighted by Crippen LogP contribution is -2.02. The van der Waals surface area contributed by atoms with Crippen LogP contribution in [-0.4, -0.2) is 9.55 Å². The number of pyridine rings is 1. The van der Waals surface area contributed by atoms with E-state index < -0.39 is 0 Å². The molecule has 0 aliphatic carbocycles. The van der Waals surface area contributed by atoms with E-state index in [-0.39, 0.29) is 0 Å². The number of fused-ring (bicyclic) bond motifs is 1. The van der Waals surface area contributed by atoms with E-state index in [1.54, 1.807) is 6.20 Å².